The van der Waals surface area contributed by atoms with Crippen LogP contribution >= 0.6 is 0 Å². The molecule has 8 rings (SSSR count). The Kier molecular flexibility index (Phi) is 7.41. The Morgan fingerprint density at radius 3 is 2.47 bits per heavy atom. The predicted molar refractivity (Wildman–Crippen MR) is 169 cm³/mol. The topological polar surface area (TPSA) is 125 Å². The number of furan rings is 1. The zero-order chi connectivity index (χ0) is 33.0. The van der Waals surface area contributed by atoms with Crippen LogP contribution in [0.2, 0.25) is 0 Å². The first-order valence-corrected chi connectivity index (χ1v) is 18.5. The van der Waals surface area contributed by atoms with Crippen molar-refractivity contribution in [1.29, 1.82) is 0 Å². The van der Waals surface area contributed by atoms with Crippen molar-refractivity contribution in [1.82, 2.24) is 0 Å². The molecule has 258 valence electrons. The van der Waals surface area contributed by atoms with Crippen molar-refractivity contribution in [2.24, 2.45) is 34.0 Å². The molecule has 9 heteroatoms. The Balaban J connectivity index is 1.28. The summed E-state index contributed by atoms with van der Waals surface area (Å²) < 4.78 is 31.9. The van der Waals surface area contributed by atoms with Crippen LogP contribution in [0, 0.1) is 34.0 Å². The van der Waals surface area contributed by atoms with Gasteiger partial charge in [-0.3, -0.25) is 9.59 Å². The maximum absolute atomic E-state index is 15.0. The normalized spacial score (nSPS) is 45.2. The van der Waals surface area contributed by atoms with Crippen molar-refractivity contribution in [3.8, 4) is 0 Å². The van der Waals surface area contributed by atoms with E-state index in [1.165, 1.54) is 19.3 Å². The summed E-state index contributed by atoms with van der Waals surface area (Å²) in [5, 5.41) is 12.8. The molecule has 7 aliphatic rings. The SMILES string of the molecule is CCCCCCCc1occc1[C@H]1OC(=O)[C@H]2O[C@@]23[C@@]2(C4CCCCC4)C(CC[C@]13C)[C@@]13COC(=O)C[C@@H]1OC(C)(C)[C@H]3C(=O)[C@H]2O. The smallest absolute Gasteiger partial charge is 0.339 e. The maximum atomic E-state index is 15.0. The van der Waals surface area contributed by atoms with Gasteiger partial charge < -0.3 is 28.5 Å². The molecule has 1 aromatic rings. The highest BCUT2D eigenvalue weighted by molar-refractivity contribution is 5.92. The van der Waals surface area contributed by atoms with Crippen molar-refractivity contribution in [3.05, 3.63) is 23.7 Å². The second-order valence-electron chi connectivity index (χ2n) is 16.7. The highest BCUT2D eigenvalue weighted by atomic mass is 16.7. The highest BCUT2D eigenvalue weighted by Crippen LogP contribution is 2.82. The monoisotopic (exact) mass is 652 g/mol. The largest absolute Gasteiger partial charge is 0.469 e. The number of ether oxygens (including phenoxy) is 4. The lowest BCUT2D eigenvalue weighted by molar-refractivity contribution is -0.275. The summed E-state index contributed by atoms with van der Waals surface area (Å²) >= 11 is 0. The molecule has 3 saturated carbocycles. The van der Waals surface area contributed by atoms with Crippen molar-refractivity contribution >= 4 is 17.7 Å². The number of ketones is 1. The molecule has 10 atom stereocenters. The average Bonchev–Trinajstić information content (AvgIpc) is 3.57. The number of aliphatic hydroxyl groups excluding tert-OH is 1. The van der Waals surface area contributed by atoms with Gasteiger partial charge in [0.15, 0.2) is 11.9 Å². The number of rotatable bonds is 8. The minimum absolute atomic E-state index is 0.0453. The first-order chi connectivity index (χ1) is 22.5. The fourth-order valence-corrected chi connectivity index (χ4v) is 12.7. The number of fused-ring (bicyclic) bond motifs is 1. The number of cyclic esters (lactones) is 2. The Bertz CT molecular complexity index is 1440. The van der Waals surface area contributed by atoms with Gasteiger partial charge in [-0.2, -0.15) is 0 Å². The summed E-state index contributed by atoms with van der Waals surface area (Å²) in [5.74, 6) is -1.08. The van der Waals surface area contributed by atoms with E-state index in [1.54, 1.807) is 6.26 Å². The van der Waals surface area contributed by atoms with Gasteiger partial charge in [0, 0.05) is 28.2 Å². The summed E-state index contributed by atoms with van der Waals surface area (Å²) in [5.41, 5.74) is -3.71. The van der Waals surface area contributed by atoms with E-state index in [1.807, 2.05) is 19.9 Å². The number of aliphatic hydroxyl groups is 1. The van der Waals surface area contributed by atoms with Crippen LogP contribution in [0.25, 0.3) is 0 Å². The first-order valence-electron chi connectivity index (χ1n) is 18.5. The summed E-state index contributed by atoms with van der Waals surface area (Å²) in [4.78, 5) is 41.8. The Morgan fingerprint density at radius 2 is 1.70 bits per heavy atom. The lowest BCUT2D eigenvalue weighted by atomic mass is 9.33. The van der Waals surface area contributed by atoms with Gasteiger partial charge in [0.2, 0.25) is 0 Å². The van der Waals surface area contributed by atoms with Gasteiger partial charge in [-0.05, 0) is 63.9 Å². The van der Waals surface area contributed by atoms with Gasteiger partial charge in [-0.25, -0.2) is 4.79 Å². The standard InChI is InChI=1S/C38H52O9/c1-5-6-7-8-12-15-24-23(17-19-43-24)31-35(4)18-16-25-36-21-44-27(39)20-26(36)46-34(2,3)29(36)28(40)30(41)37(25,22-13-10-9-11-14-22)38(35)32(47-38)33(42)45-31/h17,19,22,25-26,29-32,41H,5-16,18,20-21H2,1-4H3/t25?,26-,29+,30+,31+,32+,35+,36-,37-,38-/m0/s1. The van der Waals surface area contributed by atoms with Crippen molar-refractivity contribution in [2.75, 3.05) is 6.61 Å². The molecule has 0 amide bonds. The molecule has 1 N–H and O–H groups in total. The zero-order valence-corrected chi connectivity index (χ0v) is 28.5. The number of unbranched alkanes of at least 4 members (excludes halogenated alkanes) is 4. The van der Waals surface area contributed by atoms with Gasteiger partial charge in [-0.1, -0.05) is 58.8 Å². The number of esters is 2. The third-order valence-electron chi connectivity index (χ3n) is 14.3. The number of hydrogen-bond acceptors (Lipinski definition) is 9. The lowest BCUT2D eigenvalue weighted by Gasteiger charge is -2.70. The summed E-state index contributed by atoms with van der Waals surface area (Å²) in [6, 6.07) is 1.95. The van der Waals surface area contributed by atoms with Crippen molar-refractivity contribution < 1.29 is 42.9 Å². The first kappa shape index (κ1) is 32.0. The number of epoxide rings is 1. The second kappa shape index (κ2) is 10.9. The molecule has 47 heavy (non-hydrogen) atoms. The number of aryl methyl sites for hydroxylation is 1. The van der Waals surface area contributed by atoms with Gasteiger partial charge in [0.1, 0.15) is 30.2 Å². The quantitative estimate of drug-likeness (QED) is 0.199. The Hall–Kier alpha value is -2.23. The van der Waals surface area contributed by atoms with Crippen LogP contribution in [0.5, 0.6) is 0 Å². The second-order valence-corrected chi connectivity index (χ2v) is 16.7. The lowest BCUT2D eigenvalue weighted by Crippen LogP contribution is -2.79. The molecular formula is C38H52O9. The minimum Gasteiger partial charge on any atom is -0.469 e. The van der Waals surface area contributed by atoms with E-state index in [0.717, 1.165) is 62.7 Å². The number of carbonyl (C=O) groups is 3. The average molecular weight is 653 g/mol. The van der Waals surface area contributed by atoms with Crippen LogP contribution in [-0.2, 0) is 39.8 Å². The van der Waals surface area contributed by atoms with Crippen LogP contribution in [0.1, 0.15) is 129 Å². The minimum atomic E-state index is -1.34. The van der Waals surface area contributed by atoms with E-state index in [4.69, 9.17) is 23.4 Å². The van der Waals surface area contributed by atoms with E-state index in [-0.39, 0.29) is 36.6 Å². The number of hydrogen-bond donors (Lipinski definition) is 1. The van der Waals surface area contributed by atoms with E-state index in [9.17, 15) is 19.5 Å². The molecule has 4 saturated heterocycles. The molecule has 3 aliphatic carbocycles. The van der Waals surface area contributed by atoms with Crippen LogP contribution in [0.3, 0.4) is 0 Å². The third kappa shape index (κ3) is 3.97. The fraction of sp³-hybridized carbons (Fsp3) is 0.816. The summed E-state index contributed by atoms with van der Waals surface area (Å²) in [6.07, 6.45) is 11.0. The van der Waals surface area contributed by atoms with Gasteiger partial charge >= 0.3 is 11.9 Å². The molecule has 1 unspecified atom stereocenters. The molecule has 1 aromatic heterocycles. The molecule has 5 heterocycles. The van der Waals surface area contributed by atoms with Gasteiger partial charge in [0.25, 0.3) is 0 Å². The molecule has 2 spiro atoms. The molecule has 0 aromatic carbocycles. The Morgan fingerprint density at radius 1 is 0.936 bits per heavy atom. The summed E-state index contributed by atoms with van der Waals surface area (Å²) in [6.45, 7) is 8.28. The molecule has 4 aliphatic heterocycles. The Labute approximate surface area is 277 Å². The van der Waals surface area contributed by atoms with E-state index in [0.29, 0.717) is 12.8 Å². The number of carbonyl (C=O) groups excluding carboxylic acids is 3. The van der Waals surface area contributed by atoms with Crippen molar-refractivity contribution in [2.45, 2.75) is 153 Å². The molecule has 0 radical (unpaired) electrons. The van der Waals surface area contributed by atoms with E-state index >= 15 is 0 Å². The van der Waals surface area contributed by atoms with Crippen molar-refractivity contribution in [3.63, 3.8) is 0 Å². The molecule has 0 bridgehead atoms. The van der Waals surface area contributed by atoms with Crippen LogP contribution in [0.4, 0.5) is 0 Å². The highest BCUT2D eigenvalue weighted by Gasteiger charge is 2.92. The molecule has 7 fully saturated rings. The van der Waals surface area contributed by atoms with Crippen LogP contribution in [-0.4, -0.2) is 58.9 Å². The van der Waals surface area contributed by atoms with E-state index < -0.39 is 63.8 Å². The zero-order valence-electron chi connectivity index (χ0n) is 28.5. The van der Waals surface area contributed by atoms with Gasteiger partial charge in [-0.15, -0.1) is 0 Å². The van der Waals surface area contributed by atoms with E-state index in [2.05, 4.69) is 13.8 Å². The van der Waals surface area contributed by atoms with Crippen LogP contribution in [0.15, 0.2) is 16.7 Å². The predicted octanol–water partition coefficient (Wildman–Crippen LogP) is 6.18. The molecule has 9 nitrogen and oxygen atoms in total. The van der Waals surface area contributed by atoms with Crippen LogP contribution < -0.4 is 0 Å². The summed E-state index contributed by atoms with van der Waals surface area (Å²) in [7, 11) is 0. The van der Waals surface area contributed by atoms with Gasteiger partial charge in [0.05, 0.1) is 30.3 Å². The third-order valence-corrected chi connectivity index (χ3v) is 14.3. The fourth-order valence-electron chi connectivity index (χ4n) is 12.7. The molecular weight excluding hydrogens is 600 g/mol. The number of Topliss-reactive ketones (excluding diaryl/α,β-unsaturated/α-hetero) is 1. The maximum Gasteiger partial charge on any atom is 0.339 e.